The van der Waals surface area contributed by atoms with E-state index in [-0.39, 0.29) is 12.1 Å². The third-order valence-corrected chi connectivity index (χ3v) is 3.98. The Morgan fingerprint density at radius 2 is 1.83 bits per heavy atom. The van der Waals surface area contributed by atoms with E-state index in [4.69, 9.17) is 0 Å². The largest absolute Gasteiger partial charge is 0.508 e. The Morgan fingerprint density at radius 1 is 1.17 bits per heavy atom. The van der Waals surface area contributed by atoms with Crippen molar-refractivity contribution in [1.29, 1.82) is 0 Å². The van der Waals surface area contributed by atoms with Gasteiger partial charge in [-0.05, 0) is 43.9 Å². The summed E-state index contributed by atoms with van der Waals surface area (Å²) in [6.45, 7) is 4.67. The maximum Gasteiger partial charge on any atom is 0.120 e. The first-order valence-corrected chi connectivity index (χ1v) is 6.78. The molecule has 1 aromatic rings. The highest BCUT2D eigenvalue weighted by atomic mass is 16.3. The number of phenolic OH excluding ortho intramolecular Hbond substituents is 1. The van der Waals surface area contributed by atoms with Gasteiger partial charge in [-0.25, -0.2) is 0 Å². The van der Waals surface area contributed by atoms with Crippen LogP contribution in [0.2, 0.25) is 0 Å². The van der Waals surface area contributed by atoms with E-state index in [0.29, 0.717) is 12.3 Å². The van der Waals surface area contributed by atoms with Crippen LogP contribution in [-0.2, 0) is 6.54 Å². The normalized spacial score (nSPS) is 24.2. The minimum atomic E-state index is -0.243. The molecule has 1 aliphatic carbocycles. The molecule has 18 heavy (non-hydrogen) atoms. The minimum Gasteiger partial charge on any atom is -0.508 e. The van der Waals surface area contributed by atoms with Crippen LogP contribution >= 0.6 is 0 Å². The van der Waals surface area contributed by atoms with Gasteiger partial charge in [0, 0.05) is 18.2 Å². The average molecular weight is 249 g/mol. The molecule has 100 valence electrons. The van der Waals surface area contributed by atoms with Crippen LogP contribution in [0.1, 0.15) is 42.4 Å². The first kappa shape index (κ1) is 13.4. The third-order valence-electron chi connectivity index (χ3n) is 3.98. The zero-order valence-corrected chi connectivity index (χ0v) is 11.2. The van der Waals surface area contributed by atoms with Gasteiger partial charge in [-0.3, -0.25) is 0 Å². The van der Waals surface area contributed by atoms with Crippen molar-refractivity contribution in [2.45, 2.75) is 58.2 Å². The van der Waals surface area contributed by atoms with Gasteiger partial charge < -0.3 is 15.5 Å². The molecule has 0 aliphatic heterocycles. The lowest BCUT2D eigenvalue weighted by atomic mass is 9.92. The second-order valence-corrected chi connectivity index (χ2v) is 5.40. The van der Waals surface area contributed by atoms with Crippen LogP contribution in [0.25, 0.3) is 0 Å². The zero-order valence-electron chi connectivity index (χ0n) is 11.2. The number of nitrogens with one attached hydrogen (secondary N) is 1. The maximum atomic E-state index is 9.91. The van der Waals surface area contributed by atoms with Crippen LogP contribution in [0.3, 0.4) is 0 Å². The lowest BCUT2D eigenvalue weighted by Gasteiger charge is -2.28. The van der Waals surface area contributed by atoms with Crippen molar-refractivity contribution in [2.75, 3.05) is 0 Å². The number of rotatable bonds is 3. The van der Waals surface area contributed by atoms with Gasteiger partial charge in [0.15, 0.2) is 0 Å². The molecule has 0 bridgehead atoms. The van der Waals surface area contributed by atoms with Crippen molar-refractivity contribution in [3.63, 3.8) is 0 Å². The standard InChI is InChI=1S/C15H23NO2/c1-10-7-12(15(18)8-11(10)2)9-16-13-5-3-4-6-14(13)17/h7-8,13-14,16-18H,3-6,9H2,1-2H3. The first-order valence-electron chi connectivity index (χ1n) is 6.78. The summed E-state index contributed by atoms with van der Waals surface area (Å²) in [6, 6.07) is 4.00. The predicted octanol–water partition coefficient (Wildman–Crippen LogP) is 2.40. The van der Waals surface area contributed by atoms with E-state index >= 15 is 0 Å². The van der Waals surface area contributed by atoms with E-state index in [9.17, 15) is 10.2 Å². The molecule has 0 radical (unpaired) electrons. The van der Waals surface area contributed by atoms with Crippen LogP contribution in [0.5, 0.6) is 5.75 Å². The number of aliphatic hydroxyl groups is 1. The summed E-state index contributed by atoms with van der Waals surface area (Å²) in [6.07, 6.45) is 3.96. The van der Waals surface area contributed by atoms with E-state index in [0.717, 1.165) is 30.4 Å². The smallest absolute Gasteiger partial charge is 0.120 e. The molecule has 1 aromatic carbocycles. The summed E-state index contributed by atoms with van der Waals surface area (Å²) < 4.78 is 0. The zero-order chi connectivity index (χ0) is 13.1. The number of phenols is 1. The van der Waals surface area contributed by atoms with Crippen LogP contribution < -0.4 is 5.32 Å². The van der Waals surface area contributed by atoms with Gasteiger partial charge in [0.2, 0.25) is 0 Å². The molecule has 1 fully saturated rings. The van der Waals surface area contributed by atoms with Crippen LogP contribution in [0, 0.1) is 13.8 Å². The highest BCUT2D eigenvalue weighted by Crippen LogP contribution is 2.23. The topological polar surface area (TPSA) is 52.5 Å². The molecule has 0 heterocycles. The van der Waals surface area contributed by atoms with Crippen molar-refractivity contribution >= 4 is 0 Å². The molecule has 0 amide bonds. The lowest BCUT2D eigenvalue weighted by molar-refractivity contribution is 0.0901. The number of benzene rings is 1. The predicted molar refractivity (Wildman–Crippen MR) is 72.7 cm³/mol. The van der Waals surface area contributed by atoms with E-state index in [2.05, 4.69) is 5.32 Å². The number of hydrogen-bond donors (Lipinski definition) is 3. The molecule has 2 rings (SSSR count). The van der Waals surface area contributed by atoms with Crippen molar-refractivity contribution in [3.05, 3.63) is 28.8 Å². The summed E-state index contributed by atoms with van der Waals surface area (Å²) >= 11 is 0. The fourth-order valence-corrected chi connectivity index (χ4v) is 2.59. The summed E-state index contributed by atoms with van der Waals surface area (Å²) in [5, 5.41) is 23.2. The maximum absolute atomic E-state index is 9.91. The summed E-state index contributed by atoms with van der Waals surface area (Å²) in [5.41, 5.74) is 3.21. The molecule has 3 N–H and O–H groups in total. The van der Waals surface area contributed by atoms with E-state index in [1.807, 2.05) is 26.0 Å². The highest BCUT2D eigenvalue weighted by molar-refractivity contribution is 5.40. The molecule has 3 heteroatoms. The van der Waals surface area contributed by atoms with Crippen LogP contribution in [0.15, 0.2) is 12.1 Å². The van der Waals surface area contributed by atoms with E-state index in [1.54, 1.807) is 0 Å². The SMILES string of the molecule is Cc1cc(O)c(CNC2CCCCC2O)cc1C. The summed E-state index contributed by atoms with van der Waals surface area (Å²) in [7, 11) is 0. The van der Waals surface area contributed by atoms with Gasteiger partial charge in [0.1, 0.15) is 5.75 Å². The van der Waals surface area contributed by atoms with Crippen LogP contribution in [-0.4, -0.2) is 22.4 Å². The van der Waals surface area contributed by atoms with Gasteiger partial charge >= 0.3 is 0 Å². The molecule has 0 aromatic heterocycles. The molecule has 1 aliphatic rings. The van der Waals surface area contributed by atoms with Crippen molar-refractivity contribution in [3.8, 4) is 5.75 Å². The van der Waals surface area contributed by atoms with Gasteiger partial charge in [0.05, 0.1) is 6.10 Å². The second-order valence-electron chi connectivity index (χ2n) is 5.40. The highest BCUT2D eigenvalue weighted by Gasteiger charge is 2.22. The molecule has 0 spiro atoms. The Labute approximate surface area is 109 Å². The molecule has 3 nitrogen and oxygen atoms in total. The number of aryl methyl sites for hydroxylation is 2. The Balaban J connectivity index is 1.99. The van der Waals surface area contributed by atoms with Gasteiger partial charge in [-0.15, -0.1) is 0 Å². The average Bonchev–Trinajstić information content (AvgIpc) is 2.34. The Bertz CT molecular complexity index is 417. The Hall–Kier alpha value is -1.06. The number of hydrogen-bond acceptors (Lipinski definition) is 3. The van der Waals surface area contributed by atoms with Gasteiger partial charge in [-0.1, -0.05) is 18.9 Å². The molecule has 2 unspecified atom stereocenters. The molecule has 1 saturated carbocycles. The fourth-order valence-electron chi connectivity index (χ4n) is 2.59. The van der Waals surface area contributed by atoms with Gasteiger partial charge in [0.25, 0.3) is 0 Å². The van der Waals surface area contributed by atoms with E-state index < -0.39 is 0 Å². The molecular weight excluding hydrogens is 226 g/mol. The third kappa shape index (κ3) is 3.03. The summed E-state index contributed by atoms with van der Waals surface area (Å²) in [4.78, 5) is 0. The number of aromatic hydroxyl groups is 1. The minimum absolute atomic E-state index is 0.166. The molecular formula is C15H23NO2. The quantitative estimate of drug-likeness (QED) is 0.771. The van der Waals surface area contributed by atoms with Gasteiger partial charge in [-0.2, -0.15) is 0 Å². The van der Waals surface area contributed by atoms with Crippen molar-refractivity contribution in [1.82, 2.24) is 5.32 Å². The Kier molecular flexibility index (Phi) is 4.25. The fraction of sp³-hybridized carbons (Fsp3) is 0.600. The van der Waals surface area contributed by atoms with E-state index in [1.165, 1.54) is 12.0 Å². The second kappa shape index (κ2) is 5.72. The molecule has 2 atom stereocenters. The van der Waals surface area contributed by atoms with Crippen molar-refractivity contribution < 1.29 is 10.2 Å². The molecule has 0 saturated heterocycles. The monoisotopic (exact) mass is 249 g/mol. The van der Waals surface area contributed by atoms with Crippen LogP contribution in [0.4, 0.5) is 0 Å². The summed E-state index contributed by atoms with van der Waals surface area (Å²) in [5.74, 6) is 0.343. The lowest BCUT2D eigenvalue weighted by Crippen LogP contribution is -2.41. The van der Waals surface area contributed by atoms with Crippen molar-refractivity contribution in [2.24, 2.45) is 0 Å². The number of aliphatic hydroxyl groups excluding tert-OH is 1. The first-order chi connectivity index (χ1) is 8.58. The Morgan fingerprint density at radius 3 is 2.56 bits per heavy atom.